The van der Waals surface area contributed by atoms with Crippen LogP contribution in [0.3, 0.4) is 0 Å². The number of benzene rings is 1. The Hall–Kier alpha value is -1.02. The average Bonchev–Trinajstić information content (AvgIpc) is 2.46. The van der Waals surface area contributed by atoms with Crippen LogP contribution in [0.25, 0.3) is 0 Å². The predicted octanol–water partition coefficient (Wildman–Crippen LogP) is 4.49. The Morgan fingerprint density at radius 1 is 1.19 bits per heavy atom. The molecule has 0 spiro atoms. The SMILES string of the molecule is COc1ccc(C)cc1CC1(CNC(C)C)CCCCC1. The summed E-state index contributed by atoms with van der Waals surface area (Å²) in [5.74, 6) is 1.05. The Kier molecular flexibility index (Phi) is 5.69. The topological polar surface area (TPSA) is 21.3 Å². The van der Waals surface area contributed by atoms with E-state index in [2.05, 4.69) is 44.3 Å². The molecule has 21 heavy (non-hydrogen) atoms. The minimum Gasteiger partial charge on any atom is -0.496 e. The van der Waals surface area contributed by atoms with Crippen molar-refractivity contribution in [2.75, 3.05) is 13.7 Å². The fraction of sp³-hybridized carbons (Fsp3) is 0.684. The molecular formula is C19H31NO. The van der Waals surface area contributed by atoms with E-state index in [1.165, 1.54) is 43.2 Å². The van der Waals surface area contributed by atoms with Gasteiger partial charge >= 0.3 is 0 Å². The van der Waals surface area contributed by atoms with Crippen molar-refractivity contribution < 1.29 is 4.74 Å². The molecule has 1 aliphatic rings. The summed E-state index contributed by atoms with van der Waals surface area (Å²) in [7, 11) is 1.79. The highest BCUT2D eigenvalue weighted by Gasteiger charge is 2.33. The molecule has 0 atom stereocenters. The first-order valence-corrected chi connectivity index (χ1v) is 8.42. The molecule has 0 aliphatic heterocycles. The van der Waals surface area contributed by atoms with Gasteiger partial charge in [-0.05, 0) is 43.2 Å². The molecule has 0 radical (unpaired) electrons. The van der Waals surface area contributed by atoms with E-state index in [1.54, 1.807) is 7.11 Å². The van der Waals surface area contributed by atoms with Gasteiger partial charge in [-0.25, -0.2) is 0 Å². The molecule has 2 rings (SSSR count). The lowest BCUT2D eigenvalue weighted by Gasteiger charge is -2.39. The maximum atomic E-state index is 5.59. The van der Waals surface area contributed by atoms with Gasteiger partial charge in [0.05, 0.1) is 7.11 Å². The molecular weight excluding hydrogens is 258 g/mol. The third-order valence-electron chi connectivity index (χ3n) is 4.80. The quantitative estimate of drug-likeness (QED) is 0.833. The lowest BCUT2D eigenvalue weighted by atomic mass is 9.70. The first kappa shape index (κ1) is 16.4. The summed E-state index contributed by atoms with van der Waals surface area (Å²) in [6, 6.07) is 7.13. The monoisotopic (exact) mass is 289 g/mol. The largest absolute Gasteiger partial charge is 0.496 e. The Bertz CT molecular complexity index is 447. The van der Waals surface area contributed by atoms with E-state index in [9.17, 15) is 0 Å². The lowest BCUT2D eigenvalue weighted by molar-refractivity contribution is 0.175. The van der Waals surface area contributed by atoms with Crippen LogP contribution in [-0.2, 0) is 6.42 Å². The summed E-state index contributed by atoms with van der Waals surface area (Å²) in [6.45, 7) is 7.78. The second-order valence-electron chi connectivity index (χ2n) is 7.09. The van der Waals surface area contributed by atoms with Crippen molar-refractivity contribution in [3.8, 4) is 5.75 Å². The molecule has 1 aliphatic carbocycles. The van der Waals surface area contributed by atoms with E-state index in [0.717, 1.165) is 18.7 Å². The maximum absolute atomic E-state index is 5.59. The van der Waals surface area contributed by atoms with Gasteiger partial charge in [-0.3, -0.25) is 0 Å². The van der Waals surface area contributed by atoms with Crippen LogP contribution in [0.1, 0.15) is 57.1 Å². The lowest BCUT2D eigenvalue weighted by Crippen LogP contribution is -2.40. The standard InChI is InChI=1S/C19H31NO/c1-15(2)20-14-19(10-6-5-7-11-19)13-17-12-16(3)8-9-18(17)21-4/h8-9,12,15,20H,5-7,10-11,13-14H2,1-4H3. The smallest absolute Gasteiger partial charge is 0.122 e. The number of hydrogen-bond acceptors (Lipinski definition) is 2. The molecule has 0 unspecified atom stereocenters. The molecule has 1 aromatic rings. The van der Waals surface area contributed by atoms with E-state index in [1.807, 2.05) is 0 Å². The second kappa shape index (κ2) is 7.31. The Morgan fingerprint density at radius 2 is 1.90 bits per heavy atom. The normalized spacial score (nSPS) is 18.0. The van der Waals surface area contributed by atoms with Crippen molar-refractivity contribution >= 4 is 0 Å². The fourth-order valence-corrected chi connectivity index (χ4v) is 3.59. The first-order valence-electron chi connectivity index (χ1n) is 8.42. The van der Waals surface area contributed by atoms with Gasteiger partial charge in [0.2, 0.25) is 0 Å². The fourth-order valence-electron chi connectivity index (χ4n) is 3.59. The van der Waals surface area contributed by atoms with Gasteiger partial charge in [-0.15, -0.1) is 0 Å². The molecule has 2 nitrogen and oxygen atoms in total. The highest BCUT2D eigenvalue weighted by Crippen LogP contribution is 2.40. The molecule has 1 N–H and O–H groups in total. The number of methoxy groups -OCH3 is 1. The summed E-state index contributed by atoms with van der Waals surface area (Å²) < 4.78 is 5.59. The van der Waals surface area contributed by atoms with Crippen molar-refractivity contribution in [3.05, 3.63) is 29.3 Å². The van der Waals surface area contributed by atoms with E-state index in [4.69, 9.17) is 4.74 Å². The molecule has 0 amide bonds. The average molecular weight is 289 g/mol. The summed E-state index contributed by atoms with van der Waals surface area (Å²) in [5.41, 5.74) is 3.11. The van der Waals surface area contributed by atoms with Crippen molar-refractivity contribution in [2.24, 2.45) is 5.41 Å². The van der Waals surface area contributed by atoms with E-state index in [-0.39, 0.29) is 0 Å². The molecule has 0 saturated heterocycles. The van der Waals surface area contributed by atoms with Gasteiger partial charge < -0.3 is 10.1 Å². The van der Waals surface area contributed by atoms with Gasteiger partial charge in [0.15, 0.2) is 0 Å². The Labute approximate surface area is 130 Å². The van der Waals surface area contributed by atoms with E-state index in [0.29, 0.717) is 11.5 Å². The predicted molar refractivity (Wildman–Crippen MR) is 90.1 cm³/mol. The van der Waals surface area contributed by atoms with Crippen LogP contribution >= 0.6 is 0 Å². The van der Waals surface area contributed by atoms with Crippen molar-refractivity contribution in [3.63, 3.8) is 0 Å². The van der Waals surface area contributed by atoms with Gasteiger partial charge in [0.25, 0.3) is 0 Å². The third-order valence-corrected chi connectivity index (χ3v) is 4.80. The zero-order chi connectivity index (χ0) is 15.3. The van der Waals surface area contributed by atoms with E-state index >= 15 is 0 Å². The summed E-state index contributed by atoms with van der Waals surface area (Å²) in [6.07, 6.45) is 7.95. The molecule has 0 heterocycles. The van der Waals surface area contributed by atoms with E-state index < -0.39 is 0 Å². The molecule has 1 fully saturated rings. The summed E-state index contributed by atoms with van der Waals surface area (Å²) in [4.78, 5) is 0. The highest BCUT2D eigenvalue weighted by atomic mass is 16.5. The molecule has 0 aromatic heterocycles. The third kappa shape index (κ3) is 4.47. The van der Waals surface area contributed by atoms with Gasteiger partial charge in [-0.2, -0.15) is 0 Å². The van der Waals surface area contributed by atoms with Crippen LogP contribution < -0.4 is 10.1 Å². The van der Waals surface area contributed by atoms with Gasteiger partial charge in [-0.1, -0.05) is 50.8 Å². The number of aryl methyl sites for hydroxylation is 1. The Morgan fingerprint density at radius 3 is 2.52 bits per heavy atom. The zero-order valence-corrected chi connectivity index (χ0v) is 14.2. The first-order chi connectivity index (χ1) is 10.0. The molecule has 1 aromatic carbocycles. The highest BCUT2D eigenvalue weighted by molar-refractivity contribution is 5.37. The maximum Gasteiger partial charge on any atom is 0.122 e. The minimum atomic E-state index is 0.406. The number of rotatable bonds is 6. The van der Waals surface area contributed by atoms with Crippen molar-refractivity contribution in [1.29, 1.82) is 0 Å². The van der Waals surface area contributed by atoms with Crippen LogP contribution in [0.4, 0.5) is 0 Å². The van der Waals surface area contributed by atoms with Crippen LogP contribution in [-0.4, -0.2) is 19.7 Å². The molecule has 1 saturated carbocycles. The Balaban J connectivity index is 2.19. The number of hydrogen-bond donors (Lipinski definition) is 1. The van der Waals surface area contributed by atoms with Crippen LogP contribution in [0.15, 0.2) is 18.2 Å². The minimum absolute atomic E-state index is 0.406. The number of nitrogens with one attached hydrogen (secondary N) is 1. The zero-order valence-electron chi connectivity index (χ0n) is 14.2. The molecule has 0 bridgehead atoms. The van der Waals surface area contributed by atoms with Crippen LogP contribution in [0, 0.1) is 12.3 Å². The second-order valence-corrected chi connectivity index (χ2v) is 7.09. The number of ether oxygens (including phenoxy) is 1. The summed E-state index contributed by atoms with van der Waals surface area (Å²) >= 11 is 0. The molecule has 2 heteroatoms. The summed E-state index contributed by atoms with van der Waals surface area (Å²) in [5, 5.41) is 3.69. The van der Waals surface area contributed by atoms with Gasteiger partial charge in [0.1, 0.15) is 5.75 Å². The molecule has 118 valence electrons. The van der Waals surface area contributed by atoms with Crippen LogP contribution in [0.5, 0.6) is 5.75 Å². The van der Waals surface area contributed by atoms with Crippen molar-refractivity contribution in [1.82, 2.24) is 5.32 Å². The van der Waals surface area contributed by atoms with Gasteiger partial charge in [0, 0.05) is 12.6 Å². The van der Waals surface area contributed by atoms with Crippen LogP contribution in [0.2, 0.25) is 0 Å². The van der Waals surface area contributed by atoms with Crippen molar-refractivity contribution in [2.45, 2.75) is 65.3 Å².